The van der Waals surface area contributed by atoms with Crippen molar-refractivity contribution in [1.82, 2.24) is 4.98 Å². The number of hydrogen-bond acceptors (Lipinski definition) is 2. The number of benzene rings is 1. The molecule has 1 aromatic carbocycles. The van der Waals surface area contributed by atoms with Crippen LogP contribution in [0.1, 0.15) is 0 Å². The van der Waals surface area contributed by atoms with Crippen LogP contribution in [0.2, 0.25) is 10.2 Å². The Balaban J connectivity index is 2.64. The van der Waals surface area contributed by atoms with Crippen molar-refractivity contribution in [3.05, 3.63) is 46.7 Å². The highest BCUT2D eigenvalue weighted by atomic mass is 35.5. The van der Waals surface area contributed by atoms with Crippen LogP contribution in [0, 0.1) is 0 Å². The molecule has 0 fully saturated rings. The summed E-state index contributed by atoms with van der Waals surface area (Å²) in [6.07, 6.45) is 1.59. The third-order valence-electron chi connectivity index (χ3n) is 2.01. The molecule has 0 aliphatic heterocycles. The average molecular weight is 240 g/mol. The monoisotopic (exact) mass is 239 g/mol. The van der Waals surface area contributed by atoms with Crippen LogP contribution in [0.15, 0.2) is 36.5 Å². The fraction of sp³-hybridized carbons (Fsp3) is 0. The van der Waals surface area contributed by atoms with E-state index >= 15 is 0 Å². The van der Waals surface area contributed by atoms with E-state index in [2.05, 4.69) is 4.98 Å². The van der Waals surface area contributed by atoms with Crippen LogP contribution in [0.4, 0.5) is 0 Å². The number of phenolic OH excluding ortho intramolecular Hbond substituents is 1. The number of aromatic hydroxyl groups is 1. The molecule has 1 aromatic heterocycles. The second kappa shape index (κ2) is 4.09. The molecular formula is C11H7Cl2NO. The Labute approximate surface area is 97.1 Å². The van der Waals surface area contributed by atoms with Crippen molar-refractivity contribution in [1.29, 1.82) is 0 Å². The van der Waals surface area contributed by atoms with E-state index in [0.717, 1.165) is 0 Å². The lowest BCUT2D eigenvalue weighted by Gasteiger charge is -2.06. The summed E-state index contributed by atoms with van der Waals surface area (Å²) in [5.41, 5.74) is 1.25. The first-order valence-corrected chi connectivity index (χ1v) is 5.03. The molecule has 15 heavy (non-hydrogen) atoms. The molecule has 0 saturated heterocycles. The van der Waals surface area contributed by atoms with Crippen molar-refractivity contribution in [2.75, 3.05) is 0 Å². The number of phenols is 1. The normalized spacial score (nSPS) is 10.3. The molecule has 0 unspecified atom stereocenters. The minimum absolute atomic E-state index is 0.134. The zero-order valence-electron chi connectivity index (χ0n) is 7.61. The summed E-state index contributed by atoms with van der Waals surface area (Å²) in [6.45, 7) is 0. The topological polar surface area (TPSA) is 33.1 Å². The quantitative estimate of drug-likeness (QED) is 0.769. The molecule has 0 aliphatic rings. The fourth-order valence-corrected chi connectivity index (χ4v) is 1.70. The number of nitrogens with zero attached hydrogens (tertiary/aromatic N) is 1. The number of pyridine rings is 1. The second-order valence-electron chi connectivity index (χ2n) is 3.00. The molecule has 0 saturated carbocycles. The Morgan fingerprint density at radius 1 is 1.07 bits per heavy atom. The molecule has 0 atom stereocenters. The van der Waals surface area contributed by atoms with Crippen LogP contribution in [-0.2, 0) is 0 Å². The van der Waals surface area contributed by atoms with E-state index < -0.39 is 0 Å². The van der Waals surface area contributed by atoms with Gasteiger partial charge in [-0.1, -0.05) is 23.2 Å². The van der Waals surface area contributed by atoms with E-state index in [1.165, 1.54) is 6.07 Å². The lowest BCUT2D eigenvalue weighted by atomic mass is 10.1. The van der Waals surface area contributed by atoms with Gasteiger partial charge in [-0.3, -0.25) is 0 Å². The molecule has 1 N–H and O–H groups in total. The molecule has 0 bridgehead atoms. The maximum absolute atomic E-state index is 9.67. The summed E-state index contributed by atoms with van der Waals surface area (Å²) < 4.78 is 0. The zero-order valence-corrected chi connectivity index (χ0v) is 9.13. The van der Waals surface area contributed by atoms with Crippen molar-refractivity contribution in [2.45, 2.75) is 0 Å². The molecule has 0 spiro atoms. The van der Waals surface area contributed by atoms with Crippen LogP contribution in [0.3, 0.4) is 0 Å². The summed E-state index contributed by atoms with van der Waals surface area (Å²) in [5, 5.41) is 10.6. The van der Waals surface area contributed by atoms with Crippen molar-refractivity contribution in [2.24, 2.45) is 0 Å². The highest BCUT2D eigenvalue weighted by molar-refractivity contribution is 6.33. The van der Waals surface area contributed by atoms with Gasteiger partial charge in [0, 0.05) is 22.3 Å². The van der Waals surface area contributed by atoms with Crippen molar-refractivity contribution in [3.63, 3.8) is 0 Å². The molecule has 1 heterocycles. The number of aromatic nitrogens is 1. The molecule has 0 radical (unpaired) electrons. The first-order chi connectivity index (χ1) is 7.18. The Bertz CT molecular complexity index is 500. The van der Waals surface area contributed by atoms with Crippen molar-refractivity contribution >= 4 is 23.2 Å². The maximum atomic E-state index is 9.67. The van der Waals surface area contributed by atoms with Gasteiger partial charge in [0.15, 0.2) is 0 Å². The van der Waals surface area contributed by atoms with Gasteiger partial charge in [0.05, 0.1) is 0 Å². The van der Waals surface area contributed by atoms with Gasteiger partial charge in [0.25, 0.3) is 0 Å². The lowest BCUT2D eigenvalue weighted by molar-refractivity contribution is 0.477. The average Bonchev–Trinajstić information content (AvgIpc) is 2.23. The summed E-state index contributed by atoms with van der Waals surface area (Å²) in [5.74, 6) is 0.134. The van der Waals surface area contributed by atoms with Gasteiger partial charge in [0.2, 0.25) is 0 Å². The molecule has 2 aromatic rings. The summed E-state index contributed by atoms with van der Waals surface area (Å²) in [6, 6.07) is 8.33. The van der Waals surface area contributed by atoms with Crippen LogP contribution in [0.25, 0.3) is 11.1 Å². The van der Waals surface area contributed by atoms with Crippen LogP contribution in [0.5, 0.6) is 5.75 Å². The number of halogens is 2. The van der Waals surface area contributed by atoms with Crippen LogP contribution in [-0.4, -0.2) is 10.1 Å². The summed E-state index contributed by atoms with van der Waals surface area (Å²) >= 11 is 11.8. The molecule has 2 nitrogen and oxygen atoms in total. The van der Waals surface area contributed by atoms with E-state index in [1.807, 2.05) is 0 Å². The van der Waals surface area contributed by atoms with E-state index in [9.17, 15) is 5.11 Å². The molecule has 0 aliphatic carbocycles. The predicted octanol–water partition coefficient (Wildman–Crippen LogP) is 3.76. The van der Waals surface area contributed by atoms with Crippen molar-refractivity contribution in [3.8, 4) is 16.9 Å². The molecular weight excluding hydrogens is 233 g/mol. The highest BCUT2D eigenvalue weighted by Gasteiger charge is 2.08. The SMILES string of the molecule is Oc1ccc(Cl)cc1-c1cccnc1Cl. The smallest absolute Gasteiger partial charge is 0.136 e. The van der Waals surface area contributed by atoms with Gasteiger partial charge in [-0.05, 0) is 30.3 Å². The second-order valence-corrected chi connectivity index (χ2v) is 3.80. The third kappa shape index (κ3) is 2.06. The highest BCUT2D eigenvalue weighted by Crippen LogP contribution is 2.34. The Morgan fingerprint density at radius 3 is 2.60 bits per heavy atom. The van der Waals surface area contributed by atoms with Gasteiger partial charge in [0.1, 0.15) is 10.9 Å². The van der Waals surface area contributed by atoms with E-state index in [-0.39, 0.29) is 5.75 Å². The minimum atomic E-state index is 0.134. The third-order valence-corrected chi connectivity index (χ3v) is 2.54. The zero-order chi connectivity index (χ0) is 10.8. The van der Waals surface area contributed by atoms with Crippen LogP contribution >= 0.6 is 23.2 Å². The summed E-state index contributed by atoms with van der Waals surface area (Å²) in [4.78, 5) is 3.94. The van der Waals surface area contributed by atoms with Crippen LogP contribution < -0.4 is 0 Å². The Hall–Kier alpha value is -1.25. The van der Waals surface area contributed by atoms with Gasteiger partial charge >= 0.3 is 0 Å². The first-order valence-electron chi connectivity index (χ1n) is 4.28. The predicted molar refractivity (Wildman–Crippen MR) is 61.4 cm³/mol. The largest absolute Gasteiger partial charge is 0.507 e. The molecule has 2 rings (SSSR count). The summed E-state index contributed by atoms with van der Waals surface area (Å²) in [7, 11) is 0. The number of rotatable bonds is 1. The minimum Gasteiger partial charge on any atom is -0.507 e. The van der Waals surface area contributed by atoms with Crippen molar-refractivity contribution < 1.29 is 5.11 Å². The Kier molecular flexibility index (Phi) is 2.80. The first kappa shape index (κ1) is 10.3. The molecule has 76 valence electrons. The van der Waals surface area contributed by atoms with Gasteiger partial charge in [-0.2, -0.15) is 0 Å². The fourth-order valence-electron chi connectivity index (χ4n) is 1.31. The molecule has 4 heteroatoms. The van der Waals surface area contributed by atoms with E-state index in [4.69, 9.17) is 23.2 Å². The van der Waals surface area contributed by atoms with E-state index in [1.54, 1.807) is 30.5 Å². The Morgan fingerprint density at radius 2 is 1.87 bits per heavy atom. The van der Waals surface area contributed by atoms with Gasteiger partial charge < -0.3 is 5.11 Å². The lowest BCUT2D eigenvalue weighted by Crippen LogP contribution is -1.83. The number of hydrogen-bond donors (Lipinski definition) is 1. The standard InChI is InChI=1S/C11H7Cl2NO/c12-7-3-4-10(15)9(6-7)8-2-1-5-14-11(8)13/h1-6,15H. The van der Waals surface area contributed by atoms with E-state index in [0.29, 0.717) is 21.3 Å². The van der Waals surface area contributed by atoms with Gasteiger partial charge in [-0.25, -0.2) is 4.98 Å². The van der Waals surface area contributed by atoms with Gasteiger partial charge in [-0.15, -0.1) is 0 Å². The molecule has 0 amide bonds. The maximum Gasteiger partial charge on any atom is 0.136 e.